The molecule has 5 heterocycles. The number of likely N-dealkylation sites (tertiary alicyclic amines) is 2. The molecule has 6 fully saturated rings. The van der Waals surface area contributed by atoms with Crippen LogP contribution in [-0.4, -0.2) is 190 Å². The zero-order valence-corrected chi connectivity index (χ0v) is 49.4. The first-order valence-electron chi connectivity index (χ1n) is 30.8. The van der Waals surface area contributed by atoms with E-state index < -0.39 is 23.8 Å². The van der Waals surface area contributed by atoms with Crippen LogP contribution in [0.2, 0.25) is 5.02 Å². The molecule has 81 heavy (non-hydrogen) atoms. The number of halogens is 1. The van der Waals surface area contributed by atoms with Gasteiger partial charge in [-0.3, -0.25) is 29.0 Å². The van der Waals surface area contributed by atoms with Crippen LogP contribution in [0.4, 0.5) is 10.6 Å². The van der Waals surface area contributed by atoms with Crippen LogP contribution in [0.5, 0.6) is 0 Å². The fourth-order valence-corrected chi connectivity index (χ4v) is 14.0. The van der Waals surface area contributed by atoms with E-state index >= 15 is 0 Å². The van der Waals surface area contributed by atoms with Crippen molar-refractivity contribution in [1.82, 2.24) is 44.7 Å². The molecule has 18 heteroatoms. The summed E-state index contributed by atoms with van der Waals surface area (Å²) in [6, 6.07) is 15.0. The quantitative estimate of drug-likeness (QED) is 0.133. The van der Waals surface area contributed by atoms with Gasteiger partial charge in [0.2, 0.25) is 17.7 Å². The Morgan fingerprint density at radius 1 is 0.778 bits per heavy atom. The summed E-state index contributed by atoms with van der Waals surface area (Å²) in [5.41, 5.74) is 3.68. The van der Waals surface area contributed by atoms with Gasteiger partial charge in [-0.25, -0.2) is 14.8 Å². The number of nitrogens with zero attached hydrogens (tertiary/aromatic N) is 9. The van der Waals surface area contributed by atoms with Gasteiger partial charge < -0.3 is 39.7 Å². The largest absolute Gasteiger partial charge is 0.444 e. The molecule has 2 aromatic carbocycles. The third kappa shape index (κ3) is 14.9. The molecule has 0 spiro atoms. The number of fused-ring (bicyclic) bond motifs is 1. The average Bonchev–Trinajstić information content (AvgIpc) is 4.37. The summed E-state index contributed by atoms with van der Waals surface area (Å²) < 4.78 is 5.65. The second-order valence-corrected chi connectivity index (χ2v) is 26.0. The summed E-state index contributed by atoms with van der Waals surface area (Å²) in [5.74, 6) is 1.46. The van der Waals surface area contributed by atoms with E-state index in [1.54, 1.807) is 11.2 Å². The van der Waals surface area contributed by atoms with E-state index in [9.17, 15) is 29.1 Å². The van der Waals surface area contributed by atoms with Crippen LogP contribution in [0.3, 0.4) is 0 Å². The van der Waals surface area contributed by atoms with Crippen LogP contribution in [0.15, 0.2) is 54.9 Å². The molecular weight excluding hydrogens is 1040 g/mol. The molecule has 10 rings (SSSR count). The summed E-state index contributed by atoms with van der Waals surface area (Å²) in [6.45, 7) is 18.4. The minimum Gasteiger partial charge on any atom is -0.444 e. The number of anilines is 1. The lowest BCUT2D eigenvalue weighted by atomic mass is 9.83. The number of aliphatic hydroxyl groups excluding tert-OH is 1. The highest BCUT2D eigenvalue weighted by Crippen LogP contribution is 2.43. The molecule has 3 aromatic rings. The smallest absolute Gasteiger partial charge is 0.411 e. The molecule has 7 aliphatic rings. The van der Waals surface area contributed by atoms with E-state index in [0.717, 1.165) is 151 Å². The molecule has 5 atom stereocenters. The number of rotatable bonds is 17. The first-order valence-corrected chi connectivity index (χ1v) is 31.2. The summed E-state index contributed by atoms with van der Waals surface area (Å²) in [5, 5.41) is 14.5. The van der Waals surface area contributed by atoms with E-state index in [1.807, 2.05) is 84.0 Å². The summed E-state index contributed by atoms with van der Waals surface area (Å²) >= 11 is 6.32. The monoisotopic (exact) mass is 1130 g/mol. The van der Waals surface area contributed by atoms with Crippen molar-refractivity contribution < 1.29 is 33.8 Å². The molecule has 4 aliphatic heterocycles. The Hall–Kier alpha value is -5.36. The van der Waals surface area contributed by atoms with Gasteiger partial charge in [0.15, 0.2) is 0 Å². The number of nitrogens with one attached hydrogen (secondary N) is 1. The third-order valence-electron chi connectivity index (χ3n) is 18.6. The maximum atomic E-state index is 14.6. The molecular formula is C63H89ClN10O7. The van der Waals surface area contributed by atoms with E-state index in [-0.39, 0.29) is 59.9 Å². The highest BCUT2D eigenvalue weighted by Gasteiger charge is 2.40. The van der Waals surface area contributed by atoms with E-state index in [0.29, 0.717) is 75.3 Å². The number of piperidine rings is 2. The van der Waals surface area contributed by atoms with Crippen molar-refractivity contribution in [3.63, 3.8) is 0 Å². The second kappa shape index (κ2) is 26.5. The molecule has 440 valence electrons. The Balaban J connectivity index is 0.673. The van der Waals surface area contributed by atoms with Gasteiger partial charge in [-0.15, -0.1) is 0 Å². The van der Waals surface area contributed by atoms with Gasteiger partial charge in [-0.2, -0.15) is 0 Å². The molecule has 2 saturated carbocycles. The molecule has 17 nitrogen and oxygen atoms in total. The zero-order valence-electron chi connectivity index (χ0n) is 48.6. The van der Waals surface area contributed by atoms with Crippen molar-refractivity contribution in [2.75, 3.05) is 103 Å². The number of amides is 5. The summed E-state index contributed by atoms with van der Waals surface area (Å²) in [7, 11) is 0. The SMILES string of the molecule is C[C@@H]1C[C@@H](O)c2ncnc(N3CCN(C(=O)[C@H](CCCN4CCC(CN5CCN(C(=O)[C@H](NC(=O)c6cccc(C7CCCN(C(=O)CN(C(=O)OC(C)(C)C)C8CC8)C7)c6)C6CCCCC6)CC5)CC4)c4ccc(Cl)cc4)CC3)c21. The van der Waals surface area contributed by atoms with Crippen molar-refractivity contribution >= 4 is 47.1 Å². The topological polar surface area (TPSA) is 175 Å². The molecule has 1 aromatic heterocycles. The van der Waals surface area contributed by atoms with Gasteiger partial charge in [0, 0.05) is 100 Å². The van der Waals surface area contributed by atoms with Crippen LogP contribution >= 0.6 is 11.6 Å². The number of benzene rings is 2. The van der Waals surface area contributed by atoms with Crippen molar-refractivity contribution in [2.24, 2.45) is 11.8 Å². The number of aromatic nitrogens is 2. The number of carbonyl (C=O) groups is 5. The predicted molar refractivity (Wildman–Crippen MR) is 313 cm³/mol. The maximum absolute atomic E-state index is 14.6. The van der Waals surface area contributed by atoms with Crippen LogP contribution in [0.1, 0.15) is 174 Å². The van der Waals surface area contributed by atoms with Crippen molar-refractivity contribution in [3.05, 3.63) is 87.8 Å². The minimum atomic E-state index is -0.642. The lowest BCUT2D eigenvalue weighted by Gasteiger charge is -2.41. The molecule has 5 amide bonds. The first kappa shape index (κ1) is 58.8. The Labute approximate surface area is 485 Å². The summed E-state index contributed by atoms with van der Waals surface area (Å²) in [4.78, 5) is 93.8. The summed E-state index contributed by atoms with van der Waals surface area (Å²) in [6.07, 6.45) is 13.7. The van der Waals surface area contributed by atoms with Crippen molar-refractivity contribution in [3.8, 4) is 0 Å². The first-order chi connectivity index (χ1) is 39.0. The minimum absolute atomic E-state index is 0.00526. The van der Waals surface area contributed by atoms with Gasteiger partial charge >= 0.3 is 6.09 Å². The van der Waals surface area contributed by atoms with Gasteiger partial charge in [-0.1, -0.05) is 62.1 Å². The number of carbonyl (C=O) groups excluding carboxylic acids is 5. The Morgan fingerprint density at radius 3 is 2.19 bits per heavy atom. The molecule has 4 saturated heterocycles. The molecule has 0 radical (unpaired) electrons. The van der Waals surface area contributed by atoms with E-state index in [4.69, 9.17) is 16.3 Å². The Bertz CT molecular complexity index is 2650. The van der Waals surface area contributed by atoms with Gasteiger partial charge in [0.25, 0.3) is 5.91 Å². The molecule has 3 aliphatic carbocycles. The molecule has 2 N–H and O–H groups in total. The average molecular weight is 1130 g/mol. The van der Waals surface area contributed by atoms with E-state index in [1.165, 1.54) is 0 Å². The van der Waals surface area contributed by atoms with Gasteiger partial charge in [0.05, 0.1) is 17.7 Å². The fraction of sp³-hybridized carbons (Fsp3) is 0.667. The second-order valence-electron chi connectivity index (χ2n) is 25.6. The Kier molecular flexibility index (Phi) is 19.2. The standard InChI is InChI=1S/C63H89ClN10O7/c1-43-37-53(75)57-55(43)58(66-42-65-57)70-33-35-71(36-34-70)60(78)52(45-17-19-50(64)20-18-45)16-10-25-68-27-23-44(24-28-68)39-69-29-31-72(32-30-69)61(79)56(46-11-6-5-7-12-46)67-59(77)48-14-8-13-47(38-48)49-15-9-26-73(40-49)54(76)41-74(51-21-22-51)62(80)81-63(2,3)4/h8,13-14,17-20,38,42-44,46,49,51-53,56,75H,5-7,9-12,15-16,21-37,39-41H2,1-4H3,(H,67,77)/t43-,49?,52-,53-,56-/m1/s1. The third-order valence-corrected chi connectivity index (χ3v) is 18.9. The van der Waals surface area contributed by atoms with Crippen LogP contribution in [-0.2, 0) is 19.1 Å². The molecule has 1 unspecified atom stereocenters. The van der Waals surface area contributed by atoms with Crippen LogP contribution < -0.4 is 10.2 Å². The molecule has 0 bridgehead atoms. The van der Waals surface area contributed by atoms with Gasteiger partial charge in [-0.05, 0) is 164 Å². The Morgan fingerprint density at radius 2 is 1.48 bits per heavy atom. The highest BCUT2D eigenvalue weighted by molar-refractivity contribution is 6.30. The lowest BCUT2D eigenvalue weighted by molar-refractivity contribution is -0.137. The van der Waals surface area contributed by atoms with Crippen LogP contribution in [0.25, 0.3) is 0 Å². The lowest BCUT2D eigenvalue weighted by Crippen LogP contribution is -2.57. The van der Waals surface area contributed by atoms with Crippen molar-refractivity contribution in [1.29, 1.82) is 0 Å². The zero-order chi connectivity index (χ0) is 56.8. The maximum Gasteiger partial charge on any atom is 0.411 e. The number of piperazine rings is 2. The fourth-order valence-electron chi connectivity index (χ4n) is 13.8. The highest BCUT2D eigenvalue weighted by atomic mass is 35.5. The number of ether oxygens (including phenoxy) is 1. The predicted octanol–water partition coefficient (Wildman–Crippen LogP) is 8.22. The number of hydrogen-bond acceptors (Lipinski definition) is 12. The number of aliphatic hydroxyl groups is 1. The van der Waals surface area contributed by atoms with Gasteiger partial charge in [0.1, 0.15) is 30.3 Å². The number of hydrogen-bond donors (Lipinski definition) is 2. The van der Waals surface area contributed by atoms with Crippen LogP contribution in [0, 0.1) is 11.8 Å². The normalized spacial score (nSPS) is 23.4. The van der Waals surface area contributed by atoms with E-state index in [2.05, 4.69) is 36.9 Å². The van der Waals surface area contributed by atoms with Crippen molar-refractivity contribution in [2.45, 2.75) is 159 Å².